The van der Waals surface area contributed by atoms with E-state index in [1.165, 1.54) is 13.2 Å². The van der Waals surface area contributed by atoms with Gasteiger partial charge in [-0.3, -0.25) is 29.2 Å². The molecule has 7 heterocycles. The summed E-state index contributed by atoms with van der Waals surface area (Å²) in [6, 6.07) is 0. The molecule has 9 rings (SSSR count). The van der Waals surface area contributed by atoms with E-state index >= 15 is 0 Å². The molecule has 4 N–H and O–H groups in total. The molecule has 17 nitrogen and oxygen atoms in total. The summed E-state index contributed by atoms with van der Waals surface area (Å²) in [5.74, 6) is -5.55. The van der Waals surface area contributed by atoms with Gasteiger partial charge in [-0.2, -0.15) is 0 Å². The number of allylic oxidation sites excluding steroid dienone is 4. The number of morpholine rings is 1. The van der Waals surface area contributed by atoms with Crippen LogP contribution in [0.1, 0.15) is 116 Å². The molecule has 0 aliphatic carbocycles. The Morgan fingerprint density at radius 3 is 2.33 bits per heavy atom. The molecule has 2 spiro atoms. The van der Waals surface area contributed by atoms with Crippen molar-refractivity contribution in [1.82, 2.24) is 14.7 Å². The van der Waals surface area contributed by atoms with Crippen LogP contribution in [0.4, 0.5) is 5.69 Å². The summed E-state index contributed by atoms with van der Waals surface area (Å²) in [6.45, 7) is 22.0. The van der Waals surface area contributed by atoms with E-state index in [-0.39, 0.29) is 74.0 Å². The van der Waals surface area contributed by atoms with E-state index in [0.29, 0.717) is 63.5 Å². The molecule has 2 amide bonds. The molecule has 2 aromatic rings. The first kappa shape index (κ1) is 52.9. The number of phenolic OH excluding ortho intramolecular Hbond substituents is 2. The van der Waals surface area contributed by atoms with E-state index in [0.717, 1.165) is 32.5 Å². The zero-order valence-electron chi connectivity index (χ0n) is 43.9. The number of hydrogen-bond donors (Lipinski definition) is 4. The Morgan fingerprint density at radius 1 is 0.944 bits per heavy atom. The third-order valence-electron chi connectivity index (χ3n) is 16.0. The monoisotopic (exact) mass is 997 g/mol. The quantitative estimate of drug-likeness (QED) is 0.158. The van der Waals surface area contributed by atoms with E-state index in [4.69, 9.17) is 28.9 Å². The number of nitrogens with zero attached hydrogens (tertiary/aromatic N) is 5. The van der Waals surface area contributed by atoms with Crippen molar-refractivity contribution in [2.45, 2.75) is 137 Å². The van der Waals surface area contributed by atoms with Crippen molar-refractivity contribution in [3.8, 4) is 17.2 Å². The molecule has 7 aliphatic rings. The molecule has 0 aromatic heterocycles. The fourth-order valence-corrected chi connectivity index (χ4v) is 11.6. The average molecular weight is 997 g/mol. The molecule has 392 valence electrons. The molecule has 0 radical (unpaired) electrons. The number of fused-ring (bicyclic) bond motifs is 13. The van der Waals surface area contributed by atoms with Gasteiger partial charge in [-0.1, -0.05) is 59.8 Å². The number of likely N-dealkylation sites (tertiary alicyclic amines) is 2. The Labute approximate surface area is 423 Å². The van der Waals surface area contributed by atoms with Crippen LogP contribution in [-0.4, -0.2) is 142 Å². The molecule has 5 bridgehead atoms. The number of esters is 1. The van der Waals surface area contributed by atoms with Gasteiger partial charge in [0.15, 0.2) is 11.4 Å². The van der Waals surface area contributed by atoms with Crippen LogP contribution in [0.5, 0.6) is 17.2 Å². The smallest absolute Gasteiger partial charge is 0.315 e. The van der Waals surface area contributed by atoms with Crippen LogP contribution < -0.4 is 20.8 Å². The number of nitrogens with one attached hydrogen (secondary N) is 1. The van der Waals surface area contributed by atoms with Gasteiger partial charge in [-0.15, -0.1) is 0 Å². The maximum absolute atomic E-state index is 14.9. The van der Waals surface area contributed by atoms with Crippen LogP contribution in [0.3, 0.4) is 0 Å². The maximum atomic E-state index is 14.9. The highest BCUT2D eigenvalue weighted by atomic mass is 16.7. The third-order valence-corrected chi connectivity index (χ3v) is 16.0. The number of aliphatic hydroxyl groups excluding tert-OH is 1. The number of carbonyl (C=O) groups is 4. The van der Waals surface area contributed by atoms with Crippen LogP contribution in [0.15, 0.2) is 46.1 Å². The normalized spacial score (nSPS) is 30.8. The number of benzene rings is 2. The number of ether oxygens (including phenoxy) is 4. The Morgan fingerprint density at radius 2 is 1.64 bits per heavy atom. The maximum Gasteiger partial charge on any atom is 0.315 e. The molecular weight excluding hydrogens is 921 g/mol. The van der Waals surface area contributed by atoms with Gasteiger partial charge in [-0.05, 0) is 76.3 Å². The zero-order valence-corrected chi connectivity index (χ0v) is 43.9. The molecule has 7 atom stereocenters. The van der Waals surface area contributed by atoms with Gasteiger partial charge in [0, 0.05) is 88.0 Å². The number of aromatic hydroxyl groups is 2. The molecule has 2 aromatic carbocycles. The molecule has 17 heteroatoms. The first-order valence-electron chi connectivity index (χ1n) is 26.0. The summed E-state index contributed by atoms with van der Waals surface area (Å²) >= 11 is 0. The van der Waals surface area contributed by atoms with Crippen molar-refractivity contribution in [1.29, 1.82) is 0 Å². The number of carbonyl (C=O) groups excluding carboxylic acids is 4. The highest BCUT2D eigenvalue weighted by Gasteiger charge is 2.50. The third kappa shape index (κ3) is 10.5. The minimum Gasteiger partial charge on any atom is -0.507 e. The van der Waals surface area contributed by atoms with E-state index in [1.807, 2.05) is 33.8 Å². The van der Waals surface area contributed by atoms with Gasteiger partial charge in [0.05, 0.1) is 40.9 Å². The predicted molar refractivity (Wildman–Crippen MR) is 271 cm³/mol. The summed E-state index contributed by atoms with van der Waals surface area (Å²) in [5, 5.41) is 39.5. The number of aliphatic hydroxyl groups is 1. The van der Waals surface area contributed by atoms with Gasteiger partial charge in [0.2, 0.25) is 5.91 Å². The van der Waals surface area contributed by atoms with E-state index in [1.54, 1.807) is 37.0 Å². The van der Waals surface area contributed by atoms with E-state index in [9.17, 15) is 34.5 Å². The van der Waals surface area contributed by atoms with Crippen molar-refractivity contribution in [3.05, 3.63) is 58.0 Å². The SMILES string of the molecule is C/C1=C/C=C/C(C)C[C@@H](C)C(O)[C@@H](C)C(OC(=O)CC(=O)N2CCOC3(CCN(C)CC3)C2)[C@H](C)C/C=C/OC2(C)Oc3c(C)c(O)c4c(O)c(c5c(c4c3C2=O)=NC2(CCN(CC(C)C)CC2)N=5)NC1=O. The molecule has 3 fully saturated rings. The lowest BCUT2D eigenvalue weighted by Crippen LogP contribution is -2.57. The minimum absolute atomic E-state index is 0.0186. The molecule has 7 aliphatic heterocycles. The average Bonchev–Trinajstić information content (AvgIpc) is 3.84. The molecular formula is C55H76N6O11. The highest BCUT2D eigenvalue weighted by Crippen LogP contribution is 2.50. The van der Waals surface area contributed by atoms with E-state index < -0.39 is 70.9 Å². The zero-order chi connectivity index (χ0) is 52.0. The number of phenols is 2. The topological polar surface area (TPSA) is 212 Å². The summed E-state index contributed by atoms with van der Waals surface area (Å²) in [4.78, 5) is 73.1. The second-order valence-electron chi connectivity index (χ2n) is 22.3. The van der Waals surface area contributed by atoms with Gasteiger partial charge in [0.25, 0.3) is 11.7 Å². The van der Waals surface area contributed by atoms with Crippen molar-refractivity contribution in [2.75, 3.05) is 64.8 Å². The number of rotatable bonds is 5. The van der Waals surface area contributed by atoms with Crippen LogP contribution in [0.2, 0.25) is 0 Å². The van der Waals surface area contributed by atoms with Crippen LogP contribution in [-0.2, 0) is 28.6 Å². The number of piperidine rings is 2. The number of ketones is 1. The summed E-state index contributed by atoms with van der Waals surface area (Å²) in [7, 11) is 2.07. The largest absolute Gasteiger partial charge is 0.507 e. The van der Waals surface area contributed by atoms with Crippen molar-refractivity contribution in [2.24, 2.45) is 39.6 Å². The molecule has 3 saturated heterocycles. The van der Waals surface area contributed by atoms with Gasteiger partial charge in [0.1, 0.15) is 35.1 Å². The van der Waals surface area contributed by atoms with Crippen LogP contribution >= 0.6 is 0 Å². The lowest BCUT2D eigenvalue weighted by Gasteiger charge is -2.46. The van der Waals surface area contributed by atoms with Gasteiger partial charge >= 0.3 is 11.8 Å². The fraction of sp³-hybridized carbons (Fsp3) is 0.636. The summed E-state index contributed by atoms with van der Waals surface area (Å²) in [5.41, 5.74) is -0.832. The first-order valence-corrected chi connectivity index (χ1v) is 26.0. The number of anilines is 1. The molecule has 72 heavy (non-hydrogen) atoms. The van der Waals surface area contributed by atoms with Gasteiger partial charge in [-0.25, -0.2) is 0 Å². The van der Waals surface area contributed by atoms with Crippen LogP contribution in [0.25, 0.3) is 10.8 Å². The standard InChI is InChI=1S/C55H76N6O11/c1-31(2)29-60-22-18-55(19-23-60)57-43-40-41-47(65)37(8)50-42(40)51(67)53(9,72-50)69-25-12-15-33(4)49(71-39(63)28-38(62)61-24-26-70-54(30-61)16-20-59(10)21-17-54)36(7)46(64)35(6)27-32(3)13-11-14-34(5)52(68)56-45(48(41)66)44(43)58-55/h11-14,25,31-33,35-36,46,49,64-66H,15-24,26-30H2,1-10H3,(H,56,68)/b13-11+,25-12+,34-14-/t32?,33-,35-,36-,46?,49?,53?/m1/s1. The van der Waals surface area contributed by atoms with Crippen molar-refractivity contribution >= 4 is 40.0 Å². The molecule has 4 unspecified atom stereocenters. The number of hydrogen-bond acceptors (Lipinski definition) is 15. The predicted octanol–water partition coefficient (Wildman–Crippen LogP) is 5.85. The summed E-state index contributed by atoms with van der Waals surface area (Å²) < 4.78 is 25.0. The second-order valence-corrected chi connectivity index (χ2v) is 22.3. The lowest BCUT2D eigenvalue weighted by molar-refractivity contribution is -0.168. The highest BCUT2D eigenvalue weighted by molar-refractivity contribution is 6.19. The first-order chi connectivity index (χ1) is 34.0. The lowest BCUT2D eigenvalue weighted by atomic mass is 9.80. The summed E-state index contributed by atoms with van der Waals surface area (Å²) in [6.07, 6.45) is 9.85. The van der Waals surface area contributed by atoms with E-state index in [2.05, 4.69) is 36.0 Å². The van der Waals surface area contributed by atoms with Gasteiger partial charge < -0.3 is 54.3 Å². The van der Waals surface area contributed by atoms with Crippen molar-refractivity contribution in [3.63, 3.8) is 0 Å². The minimum atomic E-state index is -1.92. The van der Waals surface area contributed by atoms with Crippen LogP contribution in [0, 0.1) is 36.5 Å². The second kappa shape index (κ2) is 20.9. The Hall–Kier alpha value is -5.36. The fourth-order valence-electron chi connectivity index (χ4n) is 11.6. The Bertz CT molecular complexity index is 2680. The Kier molecular flexibility index (Phi) is 15.3. The number of Topliss-reactive ketones (excluding diaryl/α,β-unsaturated/α-hetero) is 1. The Balaban J connectivity index is 1.12. The van der Waals surface area contributed by atoms with Crippen molar-refractivity contribution < 1.29 is 53.4 Å². The number of amides is 2. The molecule has 0 saturated carbocycles.